The standard InChI is InChI=1S/C21H44/c1-9-12-15-18-21(8,19(4,5)16-13-10-2)20(6,7)17-14-11-3/h9-18H2,1-8H3. The van der Waals surface area contributed by atoms with E-state index in [-0.39, 0.29) is 0 Å². The summed E-state index contributed by atoms with van der Waals surface area (Å²) in [5.74, 6) is 0. The maximum absolute atomic E-state index is 2.61. The van der Waals surface area contributed by atoms with Crippen molar-refractivity contribution in [1.82, 2.24) is 0 Å². The van der Waals surface area contributed by atoms with Crippen molar-refractivity contribution in [3.8, 4) is 0 Å². The Kier molecular flexibility index (Phi) is 9.21. The molecular weight excluding hydrogens is 252 g/mol. The molecule has 0 aromatic heterocycles. The van der Waals surface area contributed by atoms with Crippen LogP contribution < -0.4 is 0 Å². The summed E-state index contributed by atoms with van der Waals surface area (Å²) >= 11 is 0. The molecular formula is C21H44. The molecule has 128 valence electrons. The first-order valence-corrected chi connectivity index (χ1v) is 9.68. The fourth-order valence-corrected chi connectivity index (χ4v) is 4.11. The van der Waals surface area contributed by atoms with Crippen LogP contribution in [0.5, 0.6) is 0 Å². The van der Waals surface area contributed by atoms with Gasteiger partial charge in [-0.2, -0.15) is 0 Å². The van der Waals surface area contributed by atoms with E-state index in [1.54, 1.807) is 0 Å². The van der Waals surface area contributed by atoms with Crippen molar-refractivity contribution in [2.24, 2.45) is 16.2 Å². The maximum Gasteiger partial charge on any atom is -0.0223 e. The van der Waals surface area contributed by atoms with Gasteiger partial charge < -0.3 is 0 Å². The van der Waals surface area contributed by atoms with Crippen molar-refractivity contribution in [2.75, 3.05) is 0 Å². The summed E-state index contributed by atoms with van der Waals surface area (Å²) in [7, 11) is 0. The lowest BCUT2D eigenvalue weighted by Gasteiger charge is -2.55. The van der Waals surface area contributed by atoms with Gasteiger partial charge in [0.1, 0.15) is 0 Å². The minimum absolute atomic E-state index is 0.438. The molecule has 0 aliphatic heterocycles. The van der Waals surface area contributed by atoms with E-state index in [4.69, 9.17) is 0 Å². The Hall–Kier alpha value is 0. The third-order valence-electron chi connectivity index (χ3n) is 6.58. The molecule has 0 amide bonds. The van der Waals surface area contributed by atoms with Gasteiger partial charge in [0.25, 0.3) is 0 Å². The van der Waals surface area contributed by atoms with Crippen molar-refractivity contribution in [2.45, 2.75) is 120 Å². The van der Waals surface area contributed by atoms with E-state index in [1.165, 1.54) is 64.2 Å². The van der Waals surface area contributed by atoms with Crippen LogP contribution >= 0.6 is 0 Å². The normalized spacial score (nSPS) is 13.7. The molecule has 0 saturated heterocycles. The quantitative estimate of drug-likeness (QED) is 0.320. The fourth-order valence-electron chi connectivity index (χ4n) is 4.11. The van der Waals surface area contributed by atoms with Crippen molar-refractivity contribution >= 4 is 0 Å². The third kappa shape index (κ3) is 5.61. The van der Waals surface area contributed by atoms with Gasteiger partial charge in [0.05, 0.1) is 0 Å². The highest BCUT2D eigenvalue weighted by Crippen LogP contribution is 2.58. The van der Waals surface area contributed by atoms with Gasteiger partial charge in [0.2, 0.25) is 0 Å². The Morgan fingerprint density at radius 3 is 1.19 bits per heavy atom. The highest BCUT2D eigenvalue weighted by Gasteiger charge is 2.49. The van der Waals surface area contributed by atoms with Gasteiger partial charge >= 0.3 is 0 Å². The number of unbranched alkanes of at least 4 members (excludes halogenated alkanes) is 4. The van der Waals surface area contributed by atoms with Crippen LogP contribution in [0, 0.1) is 16.2 Å². The summed E-state index contributed by atoms with van der Waals surface area (Å²) < 4.78 is 0. The average molecular weight is 297 g/mol. The van der Waals surface area contributed by atoms with Gasteiger partial charge in [0.15, 0.2) is 0 Å². The van der Waals surface area contributed by atoms with E-state index in [9.17, 15) is 0 Å². The third-order valence-corrected chi connectivity index (χ3v) is 6.58. The second-order valence-corrected chi connectivity index (χ2v) is 8.76. The molecule has 0 fully saturated rings. The van der Waals surface area contributed by atoms with Crippen LogP contribution in [0.2, 0.25) is 0 Å². The molecule has 0 atom stereocenters. The van der Waals surface area contributed by atoms with Crippen LogP contribution in [0.1, 0.15) is 120 Å². The Bertz CT molecular complexity index is 239. The van der Waals surface area contributed by atoms with E-state index < -0.39 is 0 Å². The van der Waals surface area contributed by atoms with E-state index in [2.05, 4.69) is 55.4 Å². The van der Waals surface area contributed by atoms with E-state index in [1.807, 2.05) is 0 Å². The minimum atomic E-state index is 0.438. The lowest BCUT2D eigenvalue weighted by atomic mass is 9.50. The number of rotatable bonds is 12. The lowest BCUT2D eigenvalue weighted by molar-refractivity contribution is -0.0579. The zero-order chi connectivity index (χ0) is 16.6. The monoisotopic (exact) mass is 296 g/mol. The van der Waals surface area contributed by atoms with Crippen LogP contribution in [0.4, 0.5) is 0 Å². The SMILES string of the molecule is CCCCCC(C)(C(C)(C)CCCC)C(C)(C)CCCC. The smallest absolute Gasteiger partial charge is 0.0223 e. The molecule has 0 aromatic carbocycles. The summed E-state index contributed by atoms with van der Waals surface area (Å²) in [6.07, 6.45) is 13.7. The van der Waals surface area contributed by atoms with Gasteiger partial charge in [-0.3, -0.25) is 0 Å². The van der Waals surface area contributed by atoms with Crippen LogP contribution in [0.15, 0.2) is 0 Å². The van der Waals surface area contributed by atoms with Crippen molar-refractivity contribution < 1.29 is 0 Å². The molecule has 0 nitrogen and oxygen atoms in total. The molecule has 0 rings (SSSR count). The average Bonchev–Trinajstić information content (AvgIpc) is 2.42. The zero-order valence-electron chi connectivity index (χ0n) is 16.6. The van der Waals surface area contributed by atoms with Crippen molar-refractivity contribution in [3.63, 3.8) is 0 Å². The maximum atomic E-state index is 2.61. The first-order valence-electron chi connectivity index (χ1n) is 9.68. The highest BCUT2D eigenvalue weighted by atomic mass is 14.5. The van der Waals surface area contributed by atoms with Crippen LogP contribution in [0.3, 0.4) is 0 Å². The van der Waals surface area contributed by atoms with Gasteiger partial charge in [-0.25, -0.2) is 0 Å². The molecule has 0 heterocycles. The van der Waals surface area contributed by atoms with E-state index >= 15 is 0 Å². The van der Waals surface area contributed by atoms with Gasteiger partial charge in [-0.15, -0.1) is 0 Å². The summed E-state index contributed by atoms with van der Waals surface area (Å²) in [6.45, 7) is 19.8. The van der Waals surface area contributed by atoms with Gasteiger partial charge in [0, 0.05) is 0 Å². The minimum Gasteiger partial charge on any atom is -0.0654 e. The second kappa shape index (κ2) is 9.21. The molecule has 0 aromatic rings. The topological polar surface area (TPSA) is 0 Å². The highest BCUT2D eigenvalue weighted by molar-refractivity contribution is 4.99. The first-order chi connectivity index (χ1) is 9.68. The summed E-state index contributed by atoms with van der Waals surface area (Å²) in [4.78, 5) is 0. The largest absolute Gasteiger partial charge is 0.0654 e. The van der Waals surface area contributed by atoms with E-state index in [0.29, 0.717) is 16.2 Å². The Balaban J connectivity index is 5.23. The Labute approximate surface area is 136 Å². The van der Waals surface area contributed by atoms with Crippen LogP contribution in [-0.4, -0.2) is 0 Å². The summed E-state index contributed by atoms with van der Waals surface area (Å²) in [6, 6.07) is 0. The first kappa shape index (κ1) is 21.0. The molecule has 0 N–H and O–H groups in total. The number of hydrogen-bond donors (Lipinski definition) is 0. The fraction of sp³-hybridized carbons (Fsp3) is 1.00. The number of hydrogen-bond acceptors (Lipinski definition) is 0. The molecule has 0 saturated carbocycles. The molecule has 0 unspecified atom stereocenters. The molecule has 21 heavy (non-hydrogen) atoms. The Morgan fingerprint density at radius 2 is 0.857 bits per heavy atom. The van der Waals surface area contributed by atoms with Gasteiger partial charge in [-0.1, -0.05) is 100 Å². The van der Waals surface area contributed by atoms with Crippen molar-refractivity contribution in [3.05, 3.63) is 0 Å². The molecule has 0 aliphatic carbocycles. The summed E-state index contributed by atoms with van der Waals surface area (Å²) in [5, 5.41) is 0. The molecule has 0 spiro atoms. The molecule has 0 bridgehead atoms. The van der Waals surface area contributed by atoms with Crippen LogP contribution in [0.25, 0.3) is 0 Å². The predicted molar refractivity (Wildman–Crippen MR) is 98.9 cm³/mol. The lowest BCUT2D eigenvalue weighted by Crippen LogP contribution is -2.47. The van der Waals surface area contributed by atoms with Crippen molar-refractivity contribution in [1.29, 1.82) is 0 Å². The van der Waals surface area contributed by atoms with Gasteiger partial charge in [-0.05, 0) is 35.5 Å². The molecule has 0 aliphatic rings. The Morgan fingerprint density at radius 1 is 0.476 bits per heavy atom. The molecule has 0 heteroatoms. The predicted octanol–water partition coefficient (Wildman–Crippen LogP) is 8.01. The second-order valence-electron chi connectivity index (χ2n) is 8.76. The zero-order valence-corrected chi connectivity index (χ0v) is 16.6. The van der Waals surface area contributed by atoms with Crippen LogP contribution in [-0.2, 0) is 0 Å². The molecule has 0 radical (unpaired) electrons. The summed E-state index contributed by atoms with van der Waals surface area (Å²) in [5.41, 5.74) is 1.32. The van der Waals surface area contributed by atoms with E-state index in [0.717, 1.165) is 0 Å².